The lowest BCUT2D eigenvalue weighted by Gasteiger charge is -2.07. The van der Waals surface area contributed by atoms with Crippen LogP contribution in [0.25, 0.3) is 5.76 Å². The molecule has 0 fully saturated rings. The predicted molar refractivity (Wildman–Crippen MR) is 60.3 cm³/mol. The highest BCUT2D eigenvalue weighted by atomic mass is 35.5. The molecule has 0 bridgehead atoms. The molecule has 0 aromatic heterocycles. The summed E-state index contributed by atoms with van der Waals surface area (Å²) < 4.78 is 17.9. The van der Waals surface area contributed by atoms with Crippen LogP contribution < -0.4 is 0 Å². The number of nitrogens with zero attached hydrogens (tertiary/aromatic N) is 1. The molecular weight excluding hydrogens is 217 g/mol. The average molecular weight is 228 g/mol. The lowest BCUT2D eigenvalue weighted by molar-refractivity contribution is 0.503. The molecule has 4 heteroatoms. The van der Waals surface area contributed by atoms with Crippen LogP contribution in [0.2, 0.25) is 0 Å². The summed E-state index contributed by atoms with van der Waals surface area (Å²) in [7, 11) is 0. The van der Waals surface area contributed by atoms with Crippen molar-refractivity contribution >= 4 is 23.3 Å². The molecule has 0 unspecified atom stereocenters. The molecule has 0 amide bonds. The molecule has 0 atom stereocenters. The van der Waals surface area contributed by atoms with Crippen LogP contribution in [0.1, 0.15) is 12.5 Å². The highest BCUT2D eigenvalue weighted by Crippen LogP contribution is 2.14. The minimum absolute atomic E-state index is 0.141. The van der Waals surface area contributed by atoms with E-state index >= 15 is 0 Å². The van der Waals surface area contributed by atoms with Gasteiger partial charge in [-0.1, -0.05) is 6.58 Å². The molecule has 0 saturated heterocycles. The van der Waals surface area contributed by atoms with E-state index in [1.165, 1.54) is 12.1 Å². The van der Waals surface area contributed by atoms with E-state index in [1.54, 1.807) is 19.1 Å². The van der Waals surface area contributed by atoms with Gasteiger partial charge in [0.1, 0.15) is 17.6 Å². The molecule has 0 N–H and O–H groups in total. The maximum absolute atomic E-state index is 12.6. The van der Waals surface area contributed by atoms with Crippen LogP contribution in [0, 0.1) is 5.82 Å². The van der Waals surface area contributed by atoms with Crippen molar-refractivity contribution in [2.45, 2.75) is 6.92 Å². The second-order valence-electron chi connectivity index (χ2n) is 2.83. The van der Waals surface area contributed by atoms with E-state index < -0.39 is 0 Å². The third-order valence-corrected chi connectivity index (χ3v) is 1.84. The van der Waals surface area contributed by atoms with Gasteiger partial charge in [0.25, 0.3) is 0 Å². The highest BCUT2D eigenvalue weighted by molar-refractivity contribution is 6.18. The fraction of sp³-hybridized carbons (Fsp3) is 0.182. The van der Waals surface area contributed by atoms with Crippen LogP contribution in [0.5, 0.6) is 0 Å². The molecule has 2 nitrogen and oxygen atoms in total. The van der Waals surface area contributed by atoms with E-state index in [1.807, 2.05) is 0 Å². The van der Waals surface area contributed by atoms with Gasteiger partial charge in [0.2, 0.25) is 0 Å². The molecule has 1 rings (SSSR count). The predicted octanol–water partition coefficient (Wildman–Crippen LogP) is 3.43. The highest BCUT2D eigenvalue weighted by Gasteiger charge is 2.01. The molecule has 0 saturated carbocycles. The summed E-state index contributed by atoms with van der Waals surface area (Å²) in [5.74, 6) is 0.554. The number of rotatable bonds is 3. The zero-order chi connectivity index (χ0) is 11.3. The van der Waals surface area contributed by atoms with Crippen LogP contribution in [-0.2, 0) is 4.74 Å². The van der Waals surface area contributed by atoms with E-state index in [0.717, 1.165) is 0 Å². The summed E-state index contributed by atoms with van der Waals surface area (Å²) in [5.41, 5.74) is 0.709. The van der Waals surface area contributed by atoms with E-state index in [2.05, 4.69) is 11.6 Å². The van der Waals surface area contributed by atoms with Gasteiger partial charge in [-0.05, 0) is 24.3 Å². The first-order valence-electron chi connectivity index (χ1n) is 4.33. The van der Waals surface area contributed by atoms with Crippen LogP contribution in [0.3, 0.4) is 0 Å². The van der Waals surface area contributed by atoms with Crippen LogP contribution in [0.4, 0.5) is 4.39 Å². The van der Waals surface area contributed by atoms with Gasteiger partial charge in [-0.25, -0.2) is 9.38 Å². The molecule has 0 aliphatic rings. The number of benzene rings is 1. The smallest absolute Gasteiger partial charge is 0.188 e. The zero-order valence-corrected chi connectivity index (χ0v) is 9.09. The van der Waals surface area contributed by atoms with Crippen molar-refractivity contribution in [1.82, 2.24) is 0 Å². The van der Waals surface area contributed by atoms with Crippen molar-refractivity contribution in [3.05, 3.63) is 42.2 Å². The standard InChI is InChI=1S/C11H11ClFNO/c1-8(15-9(2)14-7-12)10-3-5-11(13)6-4-10/h3-6H,1,7H2,2H3. The monoisotopic (exact) mass is 227 g/mol. The third-order valence-electron chi connectivity index (χ3n) is 1.72. The van der Waals surface area contributed by atoms with Gasteiger partial charge in [-0.15, -0.1) is 11.6 Å². The van der Waals surface area contributed by atoms with Gasteiger partial charge >= 0.3 is 0 Å². The van der Waals surface area contributed by atoms with E-state index in [4.69, 9.17) is 16.3 Å². The molecule has 1 aromatic carbocycles. The van der Waals surface area contributed by atoms with Crippen molar-refractivity contribution in [3.8, 4) is 0 Å². The quantitative estimate of drug-likeness (QED) is 0.255. The Bertz CT molecular complexity index is 373. The van der Waals surface area contributed by atoms with Crippen LogP contribution >= 0.6 is 11.6 Å². The van der Waals surface area contributed by atoms with Gasteiger partial charge in [0.15, 0.2) is 5.90 Å². The van der Waals surface area contributed by atoms with Crippen molar-refractivity contribution in [3.63, 3.8) is 0 Å². The molecule has 0 heterocycles. The minimum atomic E-state index is -0.294. The van der Waals surface area contributed by atoms with E-state index in [0.29, 0.717) is 17.2 Å². The maximum Gasteiger partial charge on any atom is 0.188 e. The SMILES string of the molecule is C=C(OC(C)=NCCl)c1ccc(F)cc1. The number of hydrogen-bond donors (Lipinski definition) is 0. The molecule has 15 heavy (non-hydrogen) atoms. The Balaban J connectivity index is 2.69. The summed E-state index contributed by atoms with van der Waals surface area (Å²) in [6.45, 7) is 5.39. The molecule has 0 aliphatic heterocycles. The second kappa shape index (κ2) is 5.51. The van der Waals surface area contributed by atoms with Gasteiger partial charge < -0.3 is 4.74 Å². The lowest BCUT2D eigenvalue weighted by Crippen LogP contribution is -1.98. The number of aliphatic imine (C=N–C) groups is 1. The lowest BCUT2D eigenvalue weighted by atomic mass is 10.2. The first-order chi connectivity index (χ1) is 7.13. The van der Waals surface area contributed by atoms with E-state index in [9.17, 15) is 4.39 Å². The topological polar surface area (TPSA) is 21.6 Å². The normalized spacial score (nSPS) is 11.3. The Morgan fingerprint density at radius 1 is 1.47 bits per heavy atom. The molecule has 0 spiro atoms. The summed E-state index contributed by atoms with van der Waals surface area (Å²) in [5, 5.41) is 0. The summed E-state index contributed by atoms with van der Waals surface area (Å²) >= 11 is 5.40. The Morgan fingerprint density at radius 3 is 2.60 bits per heavy atom. The summed E-state index contributed by atoms with van der Waals surface area (Å²) in [6, 6.07) is 6.01. The van der Waals surface area contributed by atoms with Crippen molar-refractivity contribution in [1.29, 1.82) is 0 Å². The van der Waals surface area contributed by atoms with Gasteiger partial charge in [0.05, 0.1) is 0 Å². The van der Waals surface area contributed by atoms with Crippen LogP contribution in [-0.4, -0.2) is 11.9 Å². The largest absolute Gasteiger partial charge is 0.444 e. The number of alkyl halides is 1. The Hall–Kier alpha value is -1.35. The Kier molecular flexibility index (Phi) is 4.31. The molecule has 0 aliphatic carbocycles. The Labute approximate surface area is 93.0 Å². The average Bonchev–Trinajstić information content (AvgIpc) is 2.18. The molecule has 80 valence electrons. The molecule has 0 radical (unpaired) electrons. The van der Waals surface area contributed by atoms with Crippen molar-refractivity contribution in [2.24, 2.45) is 4.99 Å². The van der Waals surface area contributed by atoms with Crippen LogP contribution in [0.15, 0.2) is 35.8 Å². The third kappa shape index (κ3) is 3.72. The van der Waals surface area contributed by atoms with Gasteiger partial charge in [-0.2, -0.15) is 0 Å². The van der Waals surface area contributed by atoms with Crippen molar-refractivity contribution < 1.29 is 9.13 Å². The summed E-state index contributed by atoms with van der Waals surface area (Å²) in [4.78, 5) is 3.83. The van der Waals surface area contributed by atoms with Gasteiger partial charge in [-0.3, -0.25) is 0 Å². The first kappa shape index (κ1) is 11.7. The number of ether oxygens (including phenoxy) is 1. The molecular formula is C11H11ClFNO. The first-order valence-corrected chi connectivity index (χ1v) is 4.86. The molecule has 1 aromatic rings. The van der Waals surface area contributed by atoms with Gasteiger partial charge in [0, 0.05) is 12.5 Å². The fourth-order valence-corrected chi connectivity index (χ4v) is 1.16. The van der Waals surface area contributed by atoms with E-state index in [-0.39, 0.29) is 11.8 Å². The second-order valence-corrected chi connectivity index (χ2v) is 3.07. The fourth-order valence-electron chi connectivity index (χ4n) is 0.989. The zero-order valence-electron chi connectivity index (χ0n) is 8.34. The number of hydrogen-bond acceptors (Lipinski definition) is 2. The van der Waals surface area contributed by atoms with Crippen molar-refractivity contribution in [2.75, 3.05) is 6.00 Å². The number of halogens is 2. The maximum atomic E-state index is 12.6. The summed E-state index contributed by atoms with van der Waals surface area (Å²) in [6.07, 6.45) is 0. The minimum Gasteiger partial charge on any atom is -0.444 e. The Morgan fingerprint density at radius 2 is 2.07 bits per heavy atom.